The molecule has 1 heteroatoms. The summed E-state index contributed by atoms with van der Waals surface area (Å²) in [6, 6.07) is 8.12. The molecule has 0 amide bonds. The minimum absolute atomic E-state index is 0.951. The predicted octanol–water partition coefficient (Wildman–Crippen LogP) is 3.20. The summed E-state index contributed by atoms with van der Waals surface area (Å²) in [5, 5.41) is 0. The number of ether oxygens (including phenoxy) is 1. The lowest BCUT2D eigenvalue weighted by Gasteiger charge is -2.05. The second-order valence-corrected chi connectivity index (χ2v) is 3.30. The van der Waals surface area contributed by atoms with Gasteiger partial charge in [-0.1, -0.05) is 29.8 Å². The lowest BCUT2D eigenvalue weighted by molar-refractivity contribution is 0.410. The lowest BCUT2D eigenvalue weighted by atomic mass is 10.1. The van der Waals surface area contributed by atoms with Crippen molar-refractivity contribution < 1.29 is 4.74 Å². The van der Waals surface area contributed by atoms with E-state index in [1.54, 1.807) is 7.11 Å². The van der Waals surface area contributed by atoms with Crippen molar-refractivity contribution in [1.29, 1.82) is 0 Å². The molecule has 0 spiro atoms. The van der Waals surface area contributed by atoms with Gasteiger partial charge in [0.2, 0.25) is 0 Å². The highest BCUT2D eigenvalue weighted by atomic mass is 16.5. The zero-order chi connectivity index (χ0) is 9.68. The highest BCUT2D eigenvalue weighted by molar-refractivity contribution is 5.34. The van der Waals surface area contributed by atoms with Crippen molar-refractivity contribution >= 4 is 0 Å². The van der Waals surface area contributed by atoms with Crippen molar-refractivity contribution in [3.63, 3.8) is 0 Å². The minimum atomic E-state index is 0.951. The van der Waals surface area contributed by atoms with E-state index < -0.39 is 0 Å². The highest BCUT2D eigenvalue weighted by Gasteiger charge is 1.97. The second kappa shape index (κ2) is 4.70. The first-order valence-electron chi connectivity index (χ1n) is 4.49. The van der Waals surface area contributed by atoms with Crippen LogP contribution in [-0.4, -0.2) is 7.11 Å². The Bertz CT molecular complexity index is 296. The van der Waals surface area contributed by atoms with Crippen molar-refractivity contribution in [2.45, 2.75) is 20.3 Å². The molecule has 1 aromatic carbocycles. The van der Waals surface area contributed by atoms with E-state index in [1.807, 2.05) is 18.2 Å². The van der Waals surface area contributed by atoms with Gasteiger partial charge >= 0.3 is 0 Å². The SMILES string of the molecule is COc1ccccc1CC=C(C)C. The zero-order valence-electron chi connectivity index (χ0n) is 8.50. The van der Waals surface area contributed by atoms with Crippen LogP contribution < -0.4 is 4.74 Å². The summed E-state index contributed by atoms with van der Waals surface area (Å²) in [5.41, 5.74) is 2.58. The van der Waals surface area contributed by atoms with Crippen molar-refractivity contribution in [3.8, 4) is 5.75 Å². The van der Waals surface area contributed by atoms with Crippen LogP contribution in [0.4, 0.5) is 0 Å². The Balaban J connectivity index is 2.81. The third-order valence-corrected chi connectivity index (χ3v) is 1.92. The topological polar surface area (TPSA) is 9.23 Å². The first kappa shape index (κ1) is 9.85. The normalized spacial score (nSPS) is 9.46. The standard InChI is InChI=1S/C12H16O/c1-10(2)8-9-11-6-4-5-7-12(11)13-3/h4-8H,9H2,1-3H3. The van der Waals surface area contributed by atoms with Gasteiger partial charge < -0.3 is 4.74 Å². The van der Waals surface area contributed by atoms with Crippen molar-refractivity contribution in [2.75, 3.05) is 7.11 Å². The average molecular weight is 176 g/mol. The van der Waals surface area contributed by atoms with Crippen LogP contribution in [-0.2, 0) is 6.42 Å². The van der Waals surface area contributed by atoms with Crippen molar-refractivity contribution in [1.82, 2.24) is 0 Å². The molecule has 0 radical (unpaired) electrons. The minimum Gasteiger partial charge on any atom is -0.496 e. The molecule has 0 heterocycles. The third-order valence-electron chi connectivity index (χ3n) is 1.92. The van der Waals surface area contributed by atoms with E-state index in [9.17, 15) is 0 Å². The molecule has 0 atom stereocenters. The summed E-state index contributed by atoms with van der Waals surface area (Å²) in [5.74, 6) is 0.972. The van der Waals surface area contributed by atoms with Crippen molar-refractivity contribution in [3.05, 3.63) is 41.5 Å². The first-order valence-corrected chi connectivity index (χ1v) is 4.49. The maximum absolute atomic E-state index is 5.25. The van der Waals surface area contributed by atoms with E-state index in [4.69, 9.17) is 4.74 Å². The molecule has 0 aliphatic carbocycles. The van der Waals surface area contributed by atoms with Crippen LogP contribution >= 0.6 is 0 Å². The van der Waals surface area contributed by atoms with Crippen LogP contribution in [0.25, 0.3) is 0 Å². The maximum Gasteiger partial charge on any atom is 0.122 e. The summed E-state index contributed by atoms with van der Waals surface area (Å²) in [7, 11) is 1.71. The van der Waals surface area contributed by atoms with E-state index in [-0.39, 0.29) is 0 Å². The Morgan fingerprint density at radius 1 is 1.31 bits per heavy atom. The largest absolute Gasteiger partial charge is 0.496 e. The molecule has 13 heavy (non-hydrogen) atoms. The molecule has 0 aliphatic rings. The number of hydrogen-bond acceptors (Lipinski definition) is 1. The number of allylic oxidation sites excluding steroid dienone is 2. The van der Waals surface area contributed by atoms with Gasteiger partial charge in [0.25, 0.3) is 0 Å². The van der Waals surface area contributed by atoms with Gasteiger partial charge in [-0.15, -0.1) is 0 Å². The fraction of sp³-hybridized carbons (Fsp3) is 0.333. The van der Waals surface area contributed by atoms with Gasteiger partial charge in [-0.2, -0.15) is 0 Å². The number of rotatable bonds is 3. The van der Waals surface area contributed by atoms with Gasteiger partial charge in [0.05, 0.1) is 7.11 Å². The maximum atomic E-state index is 5.25. The van der Waals surface area contributed by atoms with Crippen LogP contribution in [0.5, 0.6) is 5.75 Å². The van der Waals surface area contributed by atoms with E-state index in [0.29, 0.717) is 0 Å². The Kier molecular flexibility index (Phi) is 3.56. The smallest absolute Gasteiger partial charge is 0.122 e. The van der Waals surface area contributed by atoms with E-state index in [0.717, 1.165) is 12.2 Å². The molecule has 0 unspecified atom stereocenters. The van der Waals surface area contributed by atoms with Crippen molar-refractivity contribution in [2.24, 2.45) is 0 Å². The molecule has 1 nitrogen and oxygen atoms in total. The number of benzene rings is 1. The molecule has 0 saturated heterocycles. The molecule has 1 aromatic rings. The fourth-order valence-corrected chi connectivity index (χ4v) is 1.19. The molecule has 0 aromatic heterocycles. The van der Waals surface area contributed by atoms with E-state index in [1.165, 1.54) is 11.1 Å². The Morgan fingerprint density at radius 3 is 2.62 bits per heavy atom. The fourth-order valence-electron chi connectivity index (χ4n) is 1.19. The number of methoxy groups -OCH3 is 1. The van der Waals surface area contributed by atoms with Gasteiger partial charge in [-0.3, -0.25) is 0 Å². The molecule has 70 valence electrons. The zero-order valence-corrected chi connectivity index (χ0v) is 8.50. The molecule has 0 aliphatic heterocycles. The molecule has 1 rings (SSSR count). The third kappa shape index (κ3) is 2.94. The second-order valence-electron chi connectivity index (χ2n) is 3.30. The van der Waals surface area contributed by atoms with E-state index >= 15 is 0 Å². The molecular formula is C12H16O. The van der Waals surface area contributed by atoms with Crippen LogP contribution in [0, 0.1) is 0 Å². The molecule has 0 bridgehead atoms. The monoisotopic (exact) mass is 176 g/mol. The number of para-hydroxylation sites is 1. The van der Waals surface area contributed by atoms with Gasteiger partial charge in [0, 0.05) is 0 Å². The van der Waals surface area contributed by atoms with Crippen LogP contribution in [0.1, 0.15) is 19.4 Å². The molecule has 0 N–H and O–H groups in total. The van der Waals surface area contributed by atoms with Gasteiger partial charge in [0.15, 0.2) is 0 Å². The highest BCUT2D eigenvalue weighted by Crippen LogP contribution is 2.18. The lowest BCUT2D eigenvalue weighted by Crippen LogP contribution is -1.89. The summed E-state index contributed by atoms with van der Waals surface area (Å²) < 4.78 is 5.25. The molecule has 0 fully saturated rings. The van der Waals surface area contributed by atoms with Gasteiger partial charge in [-0.25, -0.2) is 0 Å². The average Bonchev–Trinajstić information content (AvgIpc) is 2.15. The Labute approximate surface area is 80.0 Å². The summed E-state index contributed by atoms with van der Waals surface area (Å²) in [4.78, 5) is 0. The number of hydrogen-bond donors (Lipinski definition) is 0. The Morgan fingerprint density at radius 2 is 2.00 bits per heavy atom. The van der Waals surface area contributed by atoms with E-state index in [2.05, 4.69) is 26.0 Å². The molecular weight excluding hydrogens is 160 g/mol. The predicted molar refractivity (Wildman–Crippen MR) is 56.1 cm³/mol. The van der Waals surface area contributed by atoms with Crippen LogP contribution in [0.2, 0.25) is 0 Å². The first-order chi connectivity index (χ1) is 6.24. The molecule has 0 saturated carbocycles. The quantitative estimate of drug-likeness (QED) is 0.642. The van der Waals surface area contributed by atoms with Gasteiger partial charge in [-0.05, 0) is 31.9 Å². The summed E-state index contributed by atoms with van der Waals surface area (Å²) in [6.45, 7) is 4.21. The summed E-state index contributed by atoms with van der Waals surface area (Å²) >= 11 is 0. The van der Waals surface area contributed by atoms with Crippen LogP contribution in [0.15, 0.2) is 35.9 Å². The van der Waals surface area contributed by atoms with Gasteiger partial charge in [0.1, 0.15) is 5.75 Å². The summed E-state index contributed by atoms with van der Waals surface area (Å²) in [6.07, 6.45) is 3.16. The van der Waals surface area contributed by atoms with Crippen LogP contribution in [0.3, 0.4) is 0 Å². The Hall–Kier alpha value is -1.24.